The minimum absolute atomic E-state index is 0.255. The molecular formula is C18H16O4. The van der Waals surface area contributed by atoms with Crippen LogP contribution in [0, 0.1) is 0 Å². The van der Waals surface area contributed by atoms with Gasteiger partial charge in [0, 0.05) is 17.6 Å². The predicted octanol–water partition coefficient (Wildman–Crippen LogP) is 3.10. The Morgan fingerprint density at radius 3 is 2.68 bits per heavy atom. The normalized spacial score (nSPS) is 15.6. The zero-order valence-electron chi connectivity index (χ0n) is 12.3. The van der Waals surface area contributed by atoms with Crippen LogP contribution in [0.5, 0.6) is 0 Å². The van der Waals surface area contributed by atoms with Crippen LogP contribution in [-0.2, 0) is 25.5 Å². The maximum absolute atomic E-state index is 11.9. The smallest absolute Gasteiger partial charge is 0.344 e. The molecule has 0 saturated heterocycles. The molecule has 0 heterocycles. The number of hydrogen-bond acceptors (Lipinski definition) is 4. The molecule has 0 bridgehead atoms. The summed E-state index contributed by atoms with van der Waals surface area (Å²) in [4.78, 5) is 23.2. The lowest BCUT2D eigenvalue weighted by atomic mass is 10.1. The maximum Gasteiger partial charge on any atom is 0.344 e. The zero-order valence-corrected chi connectivity index (χ0v) is 12.3. The number of esters is 2. The van der Waals surface area contributed by atoms with E-state index >= 15 is 0 Å². The quantitative estimate of drug-likeness (QED) is 0.642. The van der Waals surface area contributed by atoms with Crippen LogP contribution in [0.3, 0.4) is 0 Å². The van der Waals surface area contributed by atoms with Crippen molar-refractivity contribution >= 4 is 22.7 Å². The molecule has 3 rings (SSSR count). The first kappa shape index (κ1) is 14.3. The van der Waals surface area contributed by atoms with Gasteiger partial charge in [0.2, 0.25) is 0 Å². The van der Waals surface area contributed by atoms with Crippen LogP contribution in [0.4, 0.5) is 0 Å². The molecule has 2 aromatic rings. The highest BCUT2D eigenvalue weighted by Gasteiger charge is 2.27. The molecule has 2 aromatic carbocycles. The molecule has 1 aliphatic rings. The first-order valence-electron chi connectivity index (χ1n) is 7.09. The van der Waals surface area contributed by atoms with Crippen molar-refractivity contribution < 1.29 is 19.1 Å². The molecule has 1 unspecified atom stereocenters. The summed E-state index contributed by atoms with van der Waals surface area (Å²) < 4.78 is 10.3. The van der Waals surface area contributed by atoms with Crippen LogP contribution in [-0.4, -0.2) is 18.5 Å². The van der Waals surface area contributed by atoms with Gasteiger partial charge in [-0.05, 0) is 23.3 Å². The van der Waals surface area contributed by atoms with E-state index in [1.807, 2.05) is 36.4 Å². The molecule has 112 valence electrons. The van der Waals surface area contributed by atoms with Gasteiger partial charge in [0.15, 0.2) is 6.61 Å². The Hall–Kier alpha value is -2.62. The van der Waals surface area contributed by atoms with E-state index in [1.54, 1.807) is 0 Å². The van der Waals surface area contributed by atoms with Crippen molar-refractivity contribution in [3.8, 4) is 0 Å². The summed E-state index contributed by atoms with van der Waals surface area (Å²) >= 11 is 0. The van der Waals surface area contributed by atoms with Gasteiger partial charge in [0.25, 0.3) is 0 Å². The molecule has 0 aliphatic heterocycles. The lowest BCUT2D eigenvalue weighted by Crippen LogP contribution is -2.19. The molecular weight excluding hydrogens is 280 g/mol. The first-order valence-corrected chi connectivity index (χ1v) is 7.09. The fourth-order valence-electron chi connectivity index (χ4n) is 2.74. The van der Waals surface area contributed by atoms with Gasteiger partial charge in [-0.2, -0.15) is 0 Å². The number of benzene rings is 2. The van der Waals surface area contributed by atoms with Crippen LogP contribution in [0.15, 0.2) is 48.6 Å². The van der Waals surface area contributed by atoms with E-state index in [4.69, 9.17) is 9.47 Å². The van der Waals surface area contributed by atoms with Crippen molar-refractivity contribution in [3.63, 3.8) is 0 Å². The second-order valence-electron chi connectivity index (χ2n) is 5.40. The lowest BCUT2D eigenvalue weighted by molar-refractivity contribution is -0.160. The average molecular weight is 296 g/mol. The molecule has 0 amide bonds. The summed E-state index contributed by atoms with van der Waals surface area (Å²) in [7, 11) is 0. The van der Waals surface area contributed by atoms with Gasteiger partial charge in [0.1, 0.15) is 6.10 Å². The van der Waals surface area contributed by atoms with Gasteiger partial charge in [0.05, 0.1) is 0 Å². The van der Waals surface area contributed by atoms with Gasteiger partial charge in [-0.15, -0.1) is 0 Å². The fourth-order valence-corrected chi connectivity index (χ4v) is 2.74. The fraction of sp³-hybridized carbons (Fsp3) is 0.222. The van der Waals surface area contributed by atoms with E-state index < -0.39 is 18.5 Å². The van der Waals surface area contributed by atoms with Crippen LogP contribution < -0.4 is 0 Å². The van der Waals surface area contributed by atoms with Crippen molar-refractivity contribution in [2.75, 3.05) is 6.61 Å². The first-order chi connectivity index (χ1) is 10.6. The number of carbonyl (C=O) groups excluding carboxylic acids is 2. The summed E-state index contributed by atoms with van der Waals surface area (Å²) in [5.41, 5.74) is 2.43. The highest BCUT2D eigenvalue weighted by Crippen LogP contribution is 2.38. The van der Waals surface area contributed by atoms with Crippen molar-refractivity contribution in [2.24, 2.45) is 0 Å². The number of carbonyl (C=O) groups is 2. The number of hydrogen-bond donors (Lipinski definition) is 0. The Labute approximate surface area is 128 Å². The summed E-state index contributed by atoms with van der Waals surface area (Å²) in [5, 5.41) is 2.30. The standard InChI is InChI=1S/C18H16O4/c1-11(2)18(20)21-10-16(19)22-15-9-13-7-3-5-12-6-4-8-14(15)17(12)13/h3-8,15H,1,9-10H2,2H3. The van der Waals surface area contributed by atoms with Gasteiger partial charge < -0.3 is 9.47 Å². The third-order valence-corrected chi connectivity index (χ3v) is 3.72. The van der Waals surface area contributed by atoms with Crippen molar-refractivity contribution in [1.29, 1.82) is 0 Å². The third kappa shape index (κ3) is 2.60. The van der Waals surface area contributed by atoms with Crippen molar-refractivity contribution in [3.05, 3.63) is 59.7 Å². The topological polar surface area (TPSA) is 52.6 Å². The predicted molar refractivity (Wildman–Crippen MR) is 82.3 cm³/mol. The van der Waals surface area contributed by atoms with Gasteiger partial charge in [-0.1, -0.05) is 43.0 Å². The largest absolute Gasteiger partial charge is 0.455 e. The third-order valence-electron chi connectivity index (χ3n) is 3.72. The Kier molecular flexibility index (Phi) is 3.67. The molecule has 0 fully saturated rings. The highest BCUT2D eigenvalue weighted by atomic mass is 16.6. The molecule has 0 spiro atoms. The second kappa shape index (κ2) is 5.64. The van der Waals surface area contributed by atoms with E-state index in [0.717, 1.165) is 16.3 Å². The van der Waals surface area contributed by atoms with E-state index in [1.165, 1.54) is 12.5 Å². The summed E-state index contributed by atoms with van der Waals surface area (Å²) in [6, 6.07) is 12.1. The molecule has 0 aromatic heterocycles. The summed E-state index contributed by atoms with van der Waals surface area (Å²) in [6.45, 7) is 4.60. The van der Waals surface area contributed by atoms with Gasteiger partial charge in [-0.25, -0.2) is 9.59 Å². The van der Waals surface area contributed by atoms with E-state index in [2.05, 4.69) is 6.58 Å². The molecule has 1 atom stereocenters. The summed E-state index contributed by atoms with van der Waals surface area (Å²) in [6.07, 6.45) is 0.328. The van der Waals surface area contributed by atoms with Crippen molar-refractivity contribution in [2.45, 2.75) is 19.4 Å². The monoisotopic (exact) mass is 296 g/mol. The number of ether oxygens (including phenoxy) is 2. The number of rotatable bonds is 4. The van der Waals surface area contributed by atoms with E-state index in [0.29, 0.717) is 6.42 Å². The minimum atomic E-state index is -0.589. The summed E-state index contributed by atoms with van der Waals surface area (Å²) in [5.74, 6) is -1.14. The van der Waals surface area contributed by atoms with Crippen molar-refractivity contribution in [1.82, 2.24) is 0 Å². The molecule has 4 heteroatoms. The zero-order chi connectivity index (χ0) is 15.7. The van der Waals surface area contributed by atoms with Crippen LogP contribution in [0.1, 0.15) is 24.2 Å². The Bertz CT molecular complexity index is 771. The molecule has 0 saturated carbocycles. The van der Waals surface area contributed by atoms with Gasteiger partial charge in [-0.3, -0.25) is 0 Å². The lowest BCUT2D eigenvalue weighted by Gasteiger charge is -2.13. The maximum atomic E-state index is 11.9. The Morgan fingerprint density at radius 2 is 1.95 bits per heavy atom. The molecule has 4 nitrogen and oxygen atoms in total. The Morgan fingerprint density at radius 1 is 1.23 bits per heavy atom. The Balaban J connectivity index is 1.71. The van der Waals surface area contributed by atoms with E-state index in [-0.39, 0.29) is 11.7 Å². The highest BCUT2D eigenvalue weighted by molar-refractivity contribution is 5.92. The molecule has 22 heavy (non-hydrogen) atoms. The van der Waals surface area contributed by atoms with Gasteiger partial charge >= 0.3 is 11.9 Å². The molecule has 1 aliphatic carbocycles. The van der Waals surface area contributed by atoms with Crippen LogP contribution in [0.2, 0.25) is 0 Å². The van der Waals surface area contributed by atoms with E-state index in [9.17, 15) is 9.59 Å². The average Bonchev–Trinajstić information content (AvgIpc) is 2.85. The molecule has 0 radical (unpaired) electrons. The van der Waals surface area contributed by atoms with Crippen LogP contribution in [0.25, 0.3) is 10.8 Å². The minimum Gasteiger partial charge on any atom is -0.455 e. The SMILES string of the molecule is C=C(C)C(=O)OCC(=O)OC1Cc2cccc3cccc1c23. The second-order valence-corrected chi connectivity index (χ2v) is 5.40. The van der Waals surface area contributed by atoms with Crippen LogP contribution >= 0.6 is 0 Å². The molecule has 0 N–H and O–H groups in total.